The molecule has 0 bridgehead atoms. The number of ether oxygens (including phenoxy) is 8. The van der Waals surface area contributed by atoms with Crippen molar-refractivity contribution in [1.82, 2.24) is 61.7 Å². The molecule has 1 aliphatic heterocycles. The number of aliphatic hydroxyl groups excluding tert-OH is 1. The van der Waals surface area contributed by atoms with Crippen LogP contribution in [0.5, 0.6) is 5.75 Å². The normalized spacial score (nSPS) is 15.9. The summed E-state index contributed by atoms with van der Waals surface area (Å²) in [4.78, 5) is 128. The summed E-state index contributed by atoms with van der Waals surface area (Å²) in [6.45, 7) is 22.7. The zero-order valence-electron chi connectivity index (χ0n) is 66.7. The average molecular weight is 1540 g/mol. The van der Waals surface area contributed by atoms with Gasteiger partial charge in [-0.1, -0.05) is 111 Å². The number of benzene rings is 3. The third kappa shape index (κ3) is 29.6. The number of hydrogen-bond acceptors (Lipinski definition) is 22. The maximum atomic E-state index is 14.9. The average Bonchev–Trinajstić information content (AvgIpc) is 1.03. The van der Waals surface area contributed by atoms with E-state index in [0.717, 1.165) is 5.56 Å². The molecule has 9 N–H and O–H groups in total. The number of primary amides is 1. The summed E-state index contributed by atoms with van der Waals surface area (Å²) in [6.07, 6.45) is -1.15. The molecule has 32 nitrogen and oxygen atoms in total. The first-order valence-electron chi connectivity index (χ1n) is 38.0. The van der Waals surface area contributed by atoms with Gasteiger partial charge in [-0.25, -0.2) is 9.59 Å². The molecule has 3 aromatic carbocycles. The van der Waals surface area contributed by atoms with Crippen molar-refractivity contribution in [3.05, 3.63) is 95.8 Å². The molecule has 32 heteroatoms. The van der Waals surface area contributed by atoms with Crippen LogP contribution in [-0.2, 0) is 73.3 Å². The molecule has 2 heterocycles. The van der Waals surface area contributed by atoms with E-state index in [0.29, 0.717) is 99.7 Å². The molecular weight excluding hydrogens is 1420 g/mol. The predicted octanol–water partition coefficient (Wildman–Crippen LogP) is 5.68. The maximum absolute atomic E-state index is 14.9. The highest BCUT2D eigenvalue weighted by Gasteiger charge is 2.44. The minimum absolute atomic E-state index is 0.0534. The lowest BCUT2D eigenvalue weighted by Crippen LogP contribution is -2.60. The fourth-order valence-electron chi connectivity index (χ4n) is 12.9. The van der Waals surface area contributed by atoms with Crippen LogP contribution in [0, 0.1) is 36.5 Å². The molecule has 1 fully saturated rings. The van der Waals surface area contributed by atoms with Gasteiger partial charge in [-0.15, -0.1) is 20.4 Å². The van der Waals surface area contributed by atoms with Crippen molar-refractivity contribution < 1.29 is 86.2 Å². The number of carbonyl (C=O) groups is 9. The van der Waals surface area contributed by atoms with E-state index in [1.165, 1.54) is 26.2 Å². The molecule has 0 saturated carbocycles. The Morgan fingerprint density at radius 2 is 1.25 bits per heavy atom. The van der Waals surface area contributed by atoms with Gasteiger partial charge in [0, 0.05) is 59.1 Å². The Balaban J connectivity index is 1.06. The molecule has 1 aliphatic rings. The third-order valence-electron chi connectivity index (χ3n) is 19.3. The van der Waals surface area contributed by atoms with Crippen molar-refractivity contribution in [2.75, 3.05) is 106 Å². The van der Waals surface area contributed by atoms with Crippen molar-refractivity contribution in [2.24, 2.45) is 35.3 Å². The molecule has 610 valence electrons. The highest BCUT2D eigenvalue weighted by molar-refractivity contribution is 5.98. The Bertz CT molecular complexity index is 3470. The second kappa shape index (κ2) is 47.9. The Morgan fingerprint density at radius 3 is 1.82 bits per heavy atom. The van der Waals surface area contributed by atoms with E-state index in [-0.39, 0.29) is 82.3 Å². The van der Waals surface area contributed by atoms with E-state index in [2.05, 4.69) is 52.3 Å². The van der Waals surface area contributed by atoms with E-state index in [1.54, 1.807) is 116 Å². The molecule has 0 radical (unpaired) electrons. The zero-order chi connectivity index (χ0) is 81.0. The van der Waals surface area contributed by atoms with E-state index in [1.807, 2.05) is 56.3 Å². The molecule has 5 rings (SSSR count). The van der Waals surface area contributed by atoms with Gasteiger partial charge >= 0.3 is 12.1 Å². The molecule has 1 aromatic heterocycles. The smallest absolute Gasteiger partial charge is 0.410 e. The van der Waals surface area contributed by atoms with Gasteiger partial charge in [0.05, 0.1) is 102 Å². The van der Waals surface area contributed by atoms with Crippen molar-refractivity contribution in [1.29, 1.82) is 0 Å². The molecule has 1 saturated heterocycles. The number of nitrogens with zero attached hydrogens (tertiary/aromatic N) is 7. The van der Waals surface area contributed by atoms with E-state index >= 15 is 0 Å². The van der Waals surface area contributed by atoms with Crippen molar-refractivity contribution >= 4 is 59.2 Å². The first-order valence-corrected chi connectivity index (χ1v) is 38.0. The van der Waals surface area contributed by atoms with Gasteiger partial charge in [-0.3, -0.25) is 38.5 Å². The molecule has 0 aliphatic carbocycles. The Morgan fingerprint density at radius 1 is 0.655 bits per heavy atom. The molecule has 10 amide bonds. The van der Waals surface area contributed by atoms with Crippen LogP contribution in [0.25, 0.3) is 11.4 Å². The number of nitrogens with two attached hydrogens (primary N) is 1. The highest BCUT2D eigenvalue weighted by Crippen LogP contribution is 2.31. The second-order valence-corrected chi connectivity index (χ2v) is 28.6. The number of aryl methyl sites for hydroxylation is 1. The summed E-state index contributed by atoms with van der Waals surface area (Å²) in [6, 6.07) is 16.0. The zero-order valence-corrected chi connectivity index (χ0v) is 66.7. The molecule has 4 aromatic rings. The topological polar surface area (TPSA) is 407 Å². The molecule has 110 heavy (non-hydrogen) atoms. The number of urea groups is 1. The number of carbonyl (C=O) groups excluding carboxylic acids is 9. The standard InChI is InChI=1S/C78H120N14O18/c1-16-51(8)68(62(103-14)46-64(94)92-36-21-25-61(92)70(104-15)52(9)72(96)81-53(10)69(95)56-22-18-17-19-23-56)90(12)76(100)66(49(4)5)85-75(99)67(50(6)7)91(13)78(102)110-47-55-26-30-58(31-27-55)82-73(97)60(24-20-35-80-77(79)101)83-74(98)65(48(2)3)84-63(93)34-37-105-38-39-106-40-41-107-42-43-108-44-45-109-59-32-28-57(29-33-59)71-88-86-54(11)87-89-71/h17-19,22-23,26-33,48-53,60-62,65-70,95H,16,20-21,24-25,34-47H2,1-15H3,(H,81,96)(H,82,97)(H,83,98)(H,84,93)(H,85,99)(H3,79,80,101)/t51-,52+,53+,60-,61-,62?,65-,66-,67-,68-,69+,70+/m1/s1. The van der Waals surface area contributed by atoms with Crippen LogP contribution in [-0.4, -0.2) is 249 Å². The summed E-state index contributed by atoms with van der Waals surface area (Å²) < 4.78 is 45.9. The van der Waals surface area contributed by atoms with Crippen LogP contribution in [0.2, 0.25) is 0 Å². The summed E-state index contributed by atoms with van der Waals surface area (Å²) in [5.74, 6) is -3.77. The van der Waals surface area contributed by atoms with Crippen LogP contribution >= 0.6 is 0 Å². The molecular formula is C78H120N14O18. The lowest BCUT2D eigenvalue weighted by Gasteiger charge is -2.41. The minimum atomic E-state index is -1.12. The molecule has 1 unspecified atom stereocenters. The van der Waals surface area contributed by atoms with E-state index < -0.39 is 120 Å². The van der Waals surface area contributed by atoms with Gasteiger partial charge in [0.2, 0.25) is 47.2 Å². The molecule has 12 atom stereocenters. The maximum Gasteiger partial charge on any atom is 0.410 e. The Kier molecular flexibility index (Phi) is 39.9. The Hall–Kier alpha value is -9.05. The second-order valence-electron chi connectivity index (χ2n) is 28.6. The predicted molar refractivity (Wildman–Crippen MR) is 410 cm³/mol. The van der Waals surface area contributed by atoms with Crippen LogP contribution in [0.15, 0.2) is 78.9 Å². The van der Waals surface area contributed by atoms with Crippen LogP contribution < -0.4 is 42.4 Å². The van der Waals surface area contributed by atoms with Crippen molar-refractivity contribution in [3.8, 4) is 17.1 Å². The summed E-state index contributed by atoms with van der Waals surface area (Å²) >= 11 is 0. The number of likely N-dealkylation sites (N-methyl/N-ethyl adjacent to an activating group) is 2. The van der Waals surface area contributed by atoms with Crippen molar-refractivity contribution in [3.63, 3.8) is 0 Å². The summed E-state index contributed by atoms with van der Waals surface area (Å²) in [5.41, 5.74) is 7.58. The highest BCUT2D eigenvalue weighted by atomic mass is 16.6. The number of rotatable bonds is 49. The van der Waals surface area contributed by atoms with Gasteiger partial charge in [-0.2, -0.15) is 0 Å². The fraction of sp³-hybridized carbons (Fsp3) is 0.628. The van der Waals surface area contributed by atoms with E-state index in [4.69, 9.17) is 43.6 Å². The first kappa shape index (κ1) is 91.6. The Labute approximate surface area is 647 Å². The van der Waals surface area contributed by atoms with Gasteiger partial charge in [0.15, 0.2) is 5.82 Å². The largest absolute Gasteiger partial charge is 0.491 e. The number of amides is 10. The number of nitrogens with one attached hydrogen (secondary N) is 6. The van der Waals surface area contributed by atoms with Gasteiger partial charge in [-0.05, 0) is 111 Å². The van der Waals surface area contributed by atoms with Crippen LogP contribution in [0.4, 0.5) is 15.3 Å². The quantitative estimate of drug-likeness (QED) is 0.0246. The van der Waals surface area contributed by atoms with Crippen LogP contribution in [0.1, 0.15) is 137 Å². The summed E-state index contributed by atoms with van der Waals surface area (Å²) in [5, 5.41) is 43.6. The number of aliphatic hydroxyl groups is 1. The van der Waals surface area contributed by atoms with Crippen molar-refractivity contribution in [2.45, 2.75) is 188 Å². The number of likely N-dealkylation sites (tertiary alicyclic amines) is 1. The fourth-order valence-corrected chi connectivity index (χ4v) is 12.9. The van der Waals surface area contributed by atoms with E-state index in [9.17, 15) is 48.3 Å². The number of hydrogen-bond donors (Lipinski definition) is 8. The number of methoxy groups -OCH3 is 2. The lowest BCUT2D eigenvalue weighted by molar-refractivity contribution is -0.148. The SMILES string of the molecule is CC[C@@H](C)[C@H](C(CC(=O)N1CCC[C@@H]1[C@@H](OC)[C@H](C)C(=O)N[C@@H](C)[C@H](O)c1ccccc1)OC)N(C)C(=O)[C@H](NC(=O)[C@@H](C(C)C)N(C)C(=O)OCc1ccc(NC(=O)[C@@H](CCCNC(N)=O)NC(=O)[C@H](NC(=O)CCOCCOCCOCCOCCOc2ccc(-c3nnc(C)nn3)cc2)C(C)C)cc1)C(C)C. The monoisotopic (exact) mass is 1540 g/mol. The molecule has 0 spiro atoms. The first-order chi connectivity index (χ1) is 52.5. The van der Waals surface area contributed by atoms with Gasteiger partial charge in [0.1, 0.15) is 43.1 Å². The number of anilines is 1. The summed E-state index contributed by atoms with van der Waals surface area (Å²) in [7, 11) is 6.09. The van der Waals surface area contributed by atoms with Gasteiger partial charge in [0.25, 0.3) is 0 Å². The van der Waals surface area contributed by atoms with Crippen LogP contribution in [0.3, 0.4) is 0 Å². The minimum Gasteiger partial charge on any atom is -0.491 e. The van der Waals surface area contributed by atoms with Gasteiger partial charge < -0.3 is 90.4 Å². The number of aromatic nitrogens is 4. The lowest BCUT2D eigenvalue weighted by atomic mass is 9.89. The third-order valence-corrected chi connectivity index (χ3v) is 19.3.